The van der Waals surface area contributed by atoms with Crippen molar-refractivity contribution in [2.45, 2.75) is 24.2 Å². The zero-order chi connectivity index (χ0) is 12.8. The summed E-state index contributed by atoms with van der Waals surface area (Å²) in [7, 11) is 0. The molecule has 94 valence electrons. The van der Waals surface area contributed by atoms with Gasteiger partial charge in [-0.15, -0.1) is 0 Å². The van der Waals surface area contributed by atoms with E-state index in [9.17, 15) is 19.0 Å². The van der Waals surface area contributed by atoms with E-state index in [1.54, 1.807) is 0 Å². The Kier molecular flexibility index (Phi) is 2.43. The molecule has 0 radical (unpaired) electrons. The van der Waals surface area contributed by atoms with Gasteiger partial charge in [0.2, 0.25) is 11.7 Å². The second-order valence-electron chi connectivity index (χ2n) is 4.52. The Morgan fingerprint density at radius 1 is 1.12 bits per heavy atom. The Labute approximate surface area is 96.3 Å². The molecule has 5 N–H and O–H groups in total. The summed E-state index contributed by atoms with van der Waals surface area (Å²) in [4.78, 5) is 0. The quantitative estimate of drug-likeness (QED) is 0.594. The molecule has 4 nitrogen and oxygen atoms in total. The van der Waals surface area contributed by atoms with Gasteiger partial charge in [-0.3, -0.25) is 0 Å². The molecular weight excluding hydrogens is 232 g/mol. The number of benzene rings is 1. The van der Waals surface area contributed by atoms with Crippen LogP contribution in [-0.2, 0) is 5.41 Å². The molecule has 1 aliphatic rings. The van der Waals surface area contributed by atoms with Crippen molar-refractivity contribution in [3.8, 4) is 17.2 Å². The number of hydrogen-bond donors (Lipinski definition) is 4. The van der Waals surface area contributed by atoms with Crippen LogP contribution in [0, 0.1) is 0 Å². The maximum Gasteiger partial charge on any atom is 0.250 e. The van der Waals surface area contributed by atoms with Gasteiger partial charge in [-0.1, -0.05) is 6.07 Å². The van der Waals surface area contributed by atoms with E-state index in [-0.39, 0.29) is 12.1 Å². The largest absolute Gasteiger partial charge is 0.504 e. The highest BCUT2D eigenvalue weighted by Crippen LogP contribution is 2.56. The number of halogens is 2. The number of aromatic hydroxyl groups is 3. The minimum absolute atomic E-state index is 0.0552. The lowest BCUT2D eigenvalue weighted by Crippen LogP contribution is -2.53. The molecule has 0 heterocycles. The highest BCUT2D eigenvalue weighted by atomic mass is 19.3. The first-order valence-corrected chi connectivity index (χ1v) is 5.14. The van der Waals surface area contributed by atoms with Crippen LogP contribution in [0.5, 0.6) is 17.2 Å². The highest BCUT2D eigenvalue weighted by Gasteiger charge is 2.57. The summed E-state index contributed by atoms with van der Waals surface area (Å²) in [6.45, 7) is -0.0552. The van der Waals surface area contributed by atoms with Crippen LogP contribution >= 0.6 is 0 Å². The average Bonchev–Trinajstić information content (AvgIpc) is 2.22. The van der Waals surface area contributed by atoms with Gasteiger partial charge in [0.25, 0.3) is 0 Å². The third-order valence-electron chi connectivity index (χ3n) is 3.29. The van der Waals surface area contributed by atoms with Crippen LogP contribution in [0.3, 0.4) is 0 Å². The van der Waals surface area contributed by atoms with Gasteiger partial charge in [0.15, 0.2) is 11.5 Å². The van der Waals surface area contributed by atoms with E-state index in [1.807, 2.05) is 0 Å². The van der Waals surface area contributed by atoms with Crippen LogP contribution in [0.2, 0.25) is 0 Å². The summed E-state index contributed by atoms with van der Waals surface area (Å²) in [6.07, 6.45) is -0.928. The smallest absolute Gasteiger partial charge is 0.250 e. The molecule has 1 aliphatic carbocycles. The zero-order valence-corrected chi connectivity index (χ0v) is 8.95. The number of rotatable bonds is 2. The SMILES string of the molecule is NCC1(c2ccc(O)c(O)c2O)CC(F)(F)C1. The average molecular weight is 245 g/mol. The van der Waals surface area contributed by atoms with Crippen LogP contribution in [0.15, 0.2) is 12.1 Å². The lowest BCUT2D eigenvalue weighted by molar-refractivity contribution is -0.124. The molecule has 1 saturated carbocycles. The molecule has 0 atom stereocenters. The Bertz CT molecular complexity index is 454. The van der Waals surface area contributed by atoms with Gasteiger partial charge in [-0.25, -0.2) is 8.78 Å². The first-order chi connectivity index (χ1) is 7.81. The molecule has 6 heteroatoms. The molecule has 17 heavy (non-hydrogen) atoms. The van der Waals surface area contributed by atoms with E-state index in [0.717, 1.165) is 6.07 Å². The van der Waals surface area contributed by atoms with Gasteiger partial charge in [-0.2, -0.15) is 0 Å². The molecule has 0 aliphatic heterocycles. The van der Waals surface area contributed by atoms with Gasteiger partial charge < -0.3 is 21.1 Å². The van der Waals surface area contributed by atoms with E-state index < -0.39 is 41.4 Å². The van der Waals surface area contributed by atoms with Gasteiger partial charge in [0.1, 0.15) is 0 Å². The van der Waals surface area contributed by atoms with Gasteiger partial charge >= 0.3 is 0 Å². The molecule has 0 aromatic heterocycles. The Hall–Kier alpha value is -1.56. The molecule has 0 spiro atoms. The lowest BCUT2D eigenvalue weighted by Gasteiger charge is -2.47. The molecular formula is C11H13F2NO3. The summed E-state index contributed by atoms with van der Waals surface area (Å²) in [5.41, 5.74) is 4.62. The third kappa shape index (κ3) is 1.68. The second kappa shape index (κ2) is 3.46. The summed E-state index contributed by atoms with van der Waals surface area (Å²) < 4.78 is 25.9. The number of alkyl halides is 2. The van der Waals surface area contributed by atoms with Crippen LogP contribution in [0.1, 0.15) is 18.4 Å². The zero-order valence-electron chi connectivity index (χ0n) is 8.95. The Morgan fingerprint density at radius 2 is 1.71 bits per heavy atom. The fourth-order valence-electron chi connectivity index (χ4n) is 2.38. The normalized spacial score (nSPS) is 20.9. The van der Waals surface area contributed by atoms with E-state index in [2.05, 4.69) is 0 Å². The number of phenolic OH excluding ortho intramolecular Hbond substituents is 3. The number of nitrogens with two attached hydrogens (primary N) is 1. The van der Waals surface area contributed by atoms with E-state index >= 15 is 0 Å². The minimum atomic E-state index is -2.79. The van der Waals surface area contributed by atoms with Crippen molar-refractivity contribution in [1.29, 1.82) is 0 Å². The van der Waals surface area contributed by atoms with Crippen LogP contribution in [-0.4, -0.2) is 27.8 Å². The van der Waals surface area contributed by atoms with E-state index in [4.69, 9.17) is 10.8 Å². The molecule has 0 bridgehead atoms. The van der Waals surface area contributed by atoms with Gasteiger partial charge in [0, 0.05) is 30.4 Å². The topological polar surface area (TPSA) is 86.7 Å². The first-order valence-electron chi connectivity index (χ1n) is 5.14. The Balaban J connectivity index is 2.44. The van der Waals surface area contributed by atoms with Crippen molar-refractivity contribution >= 4 is 0 Å². The molecule has 0 unspecified atom stereocenters. The van der Waals surface area contributed by atoms with Gasteiger partial charge in [-0.05, 0) is 6.07 Å². The lowest BCUT2D eigenvalue weighted by atomic mass is 9.62. The summed E-state index contributed by atoms with van der Waals surface area (Å²) in [6, 6.07) is 2.46. The van der Waals surface area contributed by atoms with Crippen molar-refractivity contribution in [2.75, 3.05) is 6.54 Å². The maximum atomic E-state index is 13.0. The van der Waals surface area contributed by atoms with Crippen molar-refractivity contribution in [1.82, 2.24) is 0 Å². The molecule has 1 aromatic carbocycles. The minimum Gasteiger partial charge on any atom is -0.504 e. The van der Waals surface area contributed by atoms with Crippen molar-refractivity contribution in [2.24, 2.45) is 5.73 Å². The summed E-state index contributed by atoms with van der Waals surface area (Å²) in [5.74, 6) is -4.57. The van der Waals surface area contributed by atoms with Crippen LogP contribution < -0.4 is 5.73 Å². The number of phenols is 3. The predicted octanol–water partition coefficient (Wildman–Crippen LogP) is 1.43. The molecule has 0 saturated heterocycles. The molecule has 0 amide bonds. The maximum absolute atomic E-state index is 13.0. The molecule has 1 aromatic rings. The van der Waals surface area contributed by atoms with Crippen molar-refractivity contribution in [3.63, 3.8) is 0 Å². The van der Waals surface area contributed by atoms with Crippen molar-refractivity contribution in [3.05, 3.63) is 17.7 Å². The monoisotopic (exact) mass is 245 g/mol. The van der Waals surface area contributed by atoms with E-state index in [1.165, 1.54) is 6.07 Å². The standard InChI is InChI=1S/C11H13F2NO3/c12-11(13)3-10(4-11,5-14)6-1-2-7(15)9(17)8(6)16/h1-2,15-17H,3-5,14H2. The fourth-order valence-corrected chi connectivity index (χ4v) is 2.38. The van der Waals surface area contributed by atoms with Crippen LogP contribution in [0.25, 0.3) is 0 Å². The Morgan fingerprint density at radius 3 is 2.18 bits per heavy atom. The fraction of sp³-hybridized carbons (Fsp3) is 0.455. The second-order valence-corrected chi connectivity index (χ2v) is 4.52. The first kappa shape index (κ1) is 11.9. The van der Waals surface area contributed by atoms with Crippen LogP contribution in [0.4, 0.5) is 8.78 Å². The molecule has 2 rings (SSSR count). The van der Waals surface area contributed by atoms with E-state index in [0.29, 0.717) is 0 Å². The highest BCUT2D eigenvalue weighted by molar-refractivity contribution is 5.56. The van der Waals surface area contributed by atoms with Gasteiger partial charge in [0.05, 0.1) is 0 Å². The third-order valence-corrected chi connectivity index (χ3v) is 3.29. The number of hydrogen-bond acceptors (Lipinski definition) is 4. The summed E-state index contributed by atoms with van der Waals surface area (Å²) >= 11 is 0. The predicted molar refractivity (Wildman–Crippen MR) is 56.3 cm³/mol. The molecule has 1 fully saturated rings. The van der Waals surface area contributed by atoms with Crippen molar-refractivity contribution < 1.29 is 24.1 Å². The summed E-state index contributed by atoms with van der Waals surface area (Å²) in [5, 5.41) is 28.2.